The summed E-state index contributed by atoms with van der Waals surface area (Å²) in [6, 6.07) is 2.51. The van der Waals surface area contributed by atoms with E-state index in [1.807, 2.05) is 0 Å². The summed E-state index contributed by atoms with van der Waals surface area (Å²) in [5.74, 6) is 0. The molecule has 1 N–H and O–H groups in total. The second-order valence-electron chi connectivity index (χ2n) is 4.48. The Bertz CT molecular complexity index is 905. The first-order valence-corrected chi connectivity index (χ1v) is 8.07. The number of aromatic nitrogens is 2. The number of nitriles is 1. The van der Waals surface area contributed by atoms with Gasteiger partial charge in [0.1, 0.15) is 17.3 Å². The second-order valence-corrected chi connectivity index (χ2v) is 6.44. The molecule has 26 heavy (non-hydrogen) atoms. The third-order valence-electron chi connectivity index (χ3n) is 2.89. The molecular formula is C12H4Cl2F6N4OS. The van der Waals surface area contributed by atoms with Crippen LogP contribution >= 0.6 is 23.2 Å². The SMILES string of the molecule is N#Cc1c(Cl)c(-n2cccn2)c(Cl)c(NS(=O)C(F)(F)F)c1C(F)(F)F. The minimum absolute atomic E-state index is 0.482. The highest BCUT2D eigenvalue weighted by Crippen LogP contribution is 2.47. The molecule has 5 nitrogen and oxygen atoms in total. The van der Waals surface area contributed by atoms with Crippen molar-refractivity contribution in [1.82, 2.24) is 9.78 Å². The Kier molecular flexibility index (Phi) is 5.46. The summed E-state index contributed by atoms with van der Waals surface area (Å²) in [5, 5.41) is 11.0. The van der Waals surface area contributed by atoms with Crippen LogP contribution in [0.25, 0.3) is 5.69 Å². The van der Waals surface area contributed by atoms with Gasteiger partial charge in [0.2, 0.25) is 11.0 Å². The Morgan fingerprint density at radius 1 is 1.19 bits per heavy atom. The number of nitrogens with one attached hydrogen (secondary N) is 1. The molecule has 0 saturated heterocycles. The van der Waals surface area contributed by atoms with E-state index in [0.717, 1.165) is 4.68 Å². The summed E-state index contributed by atoms with van der Waals surface area (Å²) in [5.41, 5.74) is -10.3. The first kappa shape index (κ1) is 20.3. The average molecular weight is 437 g/mol. The first-order valence-electron chi connectivity index (χ1n) is 6.17. The zero-order chi connectivity index (χ0) is 19.9. The van der Waals surface area contributed by atoms with Gasteiger partial charge in [-0.15, -0.1) is 0 Å². The minimum Gasteiger partial charge on any atom is -0.295 e. The number of benzene rings is 1. The molecule has 0 radical (unpaired) electrons. The number of anilines is 1. The number of nitrogens with zero attached hydrogens (tertiary/aromatic N) is 3. The fraction of sp³-hybridized carbons (Fsp3) is 0.167. The van der Waals surface area contributed by atoms with Crippen LogP contribution in [0.15, 0.2) is 18.5 Å². The van der Waals surface area contributed by atoms with Crippen LogP contribution in [0.3, 0.4) is 0 Å². The van der Waals surface area contributed by atoms with Crippen LogP contribution in [-0.2, 0) is 17.2 Å². The highest BCUT2D eigenvalue weighted by molar-refractivity contribution is 7.87. The van der Waals surface area contributed by atoms with E-state index in [0.29, 0.717) is 0 Å². The van der Waals surface area contributed by atoms with Crippen molar-refractivity contribution >= 4 is 39.9 Å². The van der Waals surface area contributed by atoms with Gasteiger partial charge in [0.25, 0.3) is 0 Å². The molecule has 0 amide bonds. The maximum absolute atomic E-state index is 13.4. The molecule has 0 spiro atoms. The molecule has 1 heterocycles. The van der Waals surface area contributed by atoms with Crippen LogP contribution in [0, 0.1) is 11.3 Å². The van der Waals surface area contributed by atoms with Gasteiger partial charge >= 0.3 is 11.7 Å². The molecule has 1 atom stereocenters. The van der Waals surface area contributed by atoms with Crippen LogP contribution in [-0.4, -0.2) is 19.5 Å². The molecule has 1 unspecified atom stereocenters. The lowest BCUT2D eigenvalue weighted by Crippen LogP contribution is -2.25. The van der Waals surface area contributed by atoms with E-state index in [-0.39, 0.29) is 0 Å². The van der Waals surface area contributed by atoms with Crippen LogP contribution in [0.5, 0.6) is 0 Å². The number of rotatable bonds is 3. The van der Waals surface area contributed by atoms with E-state index < -0.39 is 55.2 Å². The van der Waals surface area contributed by atoms with Crippen LogP contribution in [0.1, 0.15) is 11.1 Å². The Morgan fingerprint density at radius 2 is 1.81 bits per heavy atom. The van der Waals surface area contributed by atoms with E-state index in [2.05, 4.69) is 5.10 Å². The molecule has 0 saturated carbocycles. The Labute approximate surface area is 153 Å². The first-order chi connectivity index (χ1) is 11.9. The van der Waals surface area contributed by atoms with Gasteiger partial charge in [-0.25, -0.2) is 8.89 Å². The standard InChI is InChI=1S/C12H4Cl2F6N4OS/c13-7-5(4-21)6(11(15,16)17)9(23-26(25)12(18,19)20)8(14)10(7)24-3-1-2-22-24/h1-3,23H. The summed E-state index contributed by atoms with van der Waals surface area (Å²) in [4.78, 5) is 0. The van der Waals surface area contributed by atoms with Crippen molar-refractivity contribution < 1.29 is 30.6 Å². The van der Waals surface area contributed by atoms with E-state index in [4.69, 9.17) is 28.5 Å². The van der Waals surface area contributed by atoms with Crippen molar-refractivity contribution in [2.45, 2.75) is 11.7 Å². The zero-order valence-electron chi connectivity index (χ0n) is 11.9. The largest absolute Gasteiger partial charge is 0.490 e. The quantitative estimate of drug-likeness (QED) is 0.710. The zero-order valence-corrected chi connectivity index (χ0v) is 14.2. The molecular weight excluding hydrogens is 433 g/mol. The maximum atomic E-state index is 13.4. The van der Waals surface area contributed by atoms with Gasteiger partial charge in [0.05, 0.1) is 21.3 Å². The van der Waals surface area contributed by atoms with Gasteiger partial charge in [0.15, 0.2) is 0 Å². The lowest BCUT2D eigenvalue weighted by atomic mass is 10.0. The van der Waals surface area contributed by atoms with Crippen molar-refractivity contribution in [3.8, 4) is 11.8 Å². The molecule has 2 rings (SSSR count). The summed E-state index contributed by atoms with van der Waals surface area (Å²) in [6.07, 6.45) is -2.94. The van der Waals surface area contributed by atoms with Gasteiger partial charge < -0.3 is 0 Å². The Hall–Kier alpha value is -1.97. The molecule has 0 bridgehead atoms. The minimum atomic E-state index is -5.38. The number of hydrogen-bond acceptors (Lipinski definition) is 3. The van der Waals surface area contributed by atoms with Crippen molar-refractivity contribution in [3.05, 3.63) is 39.6 Å². The van der Waals surface area contributed by atoms with Gasteiger partial charge in [-0.05, 0) is 6.07 Å². The molecule has 0 aliphatic rings. The summed E-state index contributed by atoms with van der Waals surface area (Å²) < 4.78 is 91.0. The predicted molar refractivity (Wildman–Crippen MR) is 81.1 cm³/mol. The molecule has 2 aromatic rings. The second kappa shape index (κ2) is 6.98. The summed E-state index contributed by atoms with van der Waals surface area (Å²) in [7, 11) is -3.93. The molecule has 0 aliphatic heterocycles. The topological polar surface area (TPSA) is 70.7 Å². The lowest BCUT2D eigenvalue weighted by Gasteiger charge is -2.21. The maximum Gasteiger partial charge on any atom is 0.490 e. The van der Waals surface area contributed by atoms with E-state index in [9.17, 15) is 30.6 Å². The average Bonchev–Trinajstić information content (AvgIpc) is 3.01. The Balaban J connectivity index is 2.89. The molecule has 1 aromatic heterocycles. The van der Waals surface area contributed by atoms with Gasteiger partial charge in [-0.2, -0.15) is 36.7 Å². The number of halogens is 8. The van der Waals surface area contributed by atoms with Gasteiger partial charge in [0, 0.05) is 12.4 Å². The monoisotopic (exact) mass is 436 g/mol. The molecule has 0 fully saturated rings. The Morgan fingerprint density at radius 3 is 2.23 bits per heavy atom. The van der Waals surface area contributed by atoms with Gasteiger partial charge in [-0.1, -0.05) is 23.2 Å². The highest BCUT2D eigenvalue weighted by atomic mass is 35.5. The van der Waals surface area contributed by atoms with Crippen molar-refractivity contribution in [3.63, 3.8) is 0 Å². The third-order valence-corrected chi connectivity index (χ3v) is 4.43. The molecule has 0 aliphatic carbocycles. The smallest absolute Gasteiger partial charge is 0.295 e. The van der Waals surface area contributed by atoms with Crippen LogP contribution in [0.4, 0.5) is 32.0 Å². The third kappa shape index (κ3) is 3.74. The molecule has 140 valence electrons. The summed E-state index contributed by atoms with van der Waals surface area (Å²) >= 11 is 11.6. The fourth-order valence-corrected chi connectivity index (χ4v) is 3.17. The normalized spacial score (nSPS) is 13.3. The number of hydrogen-bond donors (Lipinski definition) is 1. The van der Waals surface area contributed by atoms with Crippen molar-refractivity contribution in [2.75, 3.05) is 4.72 Å². The van der Waals surface area contributed by atoms with Crippen molar-refractivity contribution in [2.24, 2.45) is 0 Å². The van der Waals surface area contributed by atoms with E-state index in [1.54, 1.807) is 0 Å². The lowest BCUT2D eigenvalue weighted by molar-refractivity contribution is -0.137. The van der Waals surface area contributed by atoms with E-state index >= 15 is 0 Å². The predicted octanol–water partition coefficient (Wildman–Crippen LogP) is 4.66. The molecule has 1 aromatic carbocycles. The van der Waals surface area contributed by atoms with E-state index in [1.165, 1.54) is 29.3 Å². The van der Waals surface area contributed by atoms with Crippen LogP contribution in [0.2, 0.25) is 10.0 Å². The molecule has 14 heteroatoms. The van der Waals surface area contributed by atoms with Crippen molar-refractivity contribution in [1.29, 1.82) is 5.26 Å². The fourth-order valence-electron chi connectivity index (χ4n) is 1.91. The highest BCUT2D eigenvalue weighted by Gasteiger charge is 2.44. The number of alkyl halides is 6. The van der Waals surface area contributed by atoms with Crippen LogP contribution < -0.4 is 4.72 Å². The van der Waals surface area contributed by atoms with Gasteiger partial charge in [-0.3, -0.25) is 4.72 Å². The summed E-state index contributed by atoms with van der Waals surface area (Å²) in [6.45, 7) is 0.